The number of nitrogens with zero attached hydrogens (tertiary/aromatic N) is 3. The number of aryl methyl sites for hydroxylation is 3. The highest BCUT2D eigenvalue weighted by Crippen LogP contribution is 2.25. The molecule has 0 atom stereocenters. The van der Waals surface area contributed by atoms with Crippen molar-refractivity contribution in [2.75, 3.05) is 32.8 Å². The highest BCUT2D eigenvalue weighted by molar-refractivity contribution is 5.92. The second-order valence-corrected chi connectivity index (χ2v) is 6.94. The van der Waals surface area contributed by atoms with Crippen LogP contribution in [-0.4, -0.2) is 59.6 Å². The fraction of sp³-hybridized carbons (Fsp3) is 0.450. The average molecular weight is 371 g/mol. The van der Waals surface area contributed by atoms with Crippen molar-refractivity contribution in [3.63, 3.8) is 0 Å². The van der Waals surface area contributed by atoms with Crippen LogP contribution in [-0.2, 0) is 4.79 Å². The van der Waals surface area contributed by atoms with Crippen LogP contribution in [0.15, 0.2) is 22.7 Å². The number of hydrogen-bond acceptors (Lipinski definition) is 5. The van der Waals surface area contributed by atoms with Gasteiger partial charge in [0.05, 0.1) is 0 Å². The molecule has 0 saturated carbocycles. The molecule has 1 aromatic carbocycles. The Hall–Kier alpha value is -2.83. The zero-order chi connectivity index (χ0) is 19.6. The Labute approximate surface area is 158 Å². The van der Waals surface area contributed by atoms with E-state index in [-0.39, 0.29) is 18.4 Å². The van der Waals surface area contributed by atoms with Crippen LogP contribution in [0.2, 0.25) is 0 Å². The second-order valence-electron chi connectivity index (χ2n) is 6.94. The van der Waals surface area contributed by atoms with Crippen molar-refractivity contribution in [1.29, 1.82) is 0 Å². The first-order chi connectivity index (χ1) is 12.9. The van der Waals surface area contributed by atoms with Gasteiger partial charge >= 0.3 is 0 Å². The summed E-state index contributed by atoms with van der Waals surface area (Å²) >= 11 is 0. The number of piperazine rings is 1. The Kier molecular flexibility index (Phi) is 5.48. The predicted molar refractivity (Wildman–Crippen MR) is 99.9 cm³/mol. The lowest BCUT2D eigenvalue weighted by Crippen LogP contribution is -2.51. The zero-order valence-corrected chi connectivity index (χ0v) is 16.2. The summed E-state index contributed by atoms with van der Waals surface area (Å²) in [4.78, 5) is 28.3. The van der Waals surface area contributed by atoms with Crippen molar-refractivity contribution < 1.29 is 18.8 Å². The molecule has 0 aliphatic carbocycles. The zero-order valence-electron chi connectivity index (χ0n) is 16.2. The van der Waals surface area contributed by atoms with Crippen molar-refractivity contribution in [1.82, 2.24) is 15.0 Å². The number of carbonyl (C=O) groups is 2. The number of carbonyl (C=O) groups excluding carboxylic acids is 2. The van der Waals surface area contributed by atoms with E-state index in [2.05, 4.69) is 5.16 Å². The van der Waals surface area contributed by atoms with Crippen molar-refractivity contribution >= 4 is 11.8 Å². The quantitative estimate of drug-likeness (QED) is 0.824. The van der Waals surface area contributed by atoms with Crippen LogP contribution in [0.25, 0.3) is 0 Å². The molecule has 0 bridgehead atoms. The topological polar surface area (TPSA) is 75.9 Å². The minimum Gasteiger partial charge on any atom is -0.483 e. The molecule has 1 saturated heterocycles. The smallest absolute Gasteiger partial charge is 0.276 e. The van der Waals surface area contributed by atoms with Crippen molar-refractivity contribution in [3.05, 3.63) is 46.3 Å². The monoisotopic (exact) mass is 371 g/mol. The third-order valence-corrected chi connectivity index (χ3v) is 4.98. The first kappa shape index (κ1) is 18.9. The Morgan fingerprint density at radius 1 is 1.04 bits per heavy atom. The minimum atomic E-state index is -0.166. The minimum absolute atomic E-state index is 0.00155. The van der Waals surface area contributed by atoms with Crippen LogP contribution < -0.4 is 4.74 Å². The van der Waals surface area contributed by atoms with E-state index in [4.69, 9.17) is 9.26 Å². The number of aromatic nitrogens is 1. The first-order valence-corrected chi connectivity index (χ1v) is 9.07. The highest BCUT2D eigenvalue weighted by atomic mass is 16.5. The van der Waals surface area contributed by atoms with Gasteiger partial charge in [-0.05, 0) is 44.4 Å². The molecule has 2 aromatic rings. The maximum Gasteiger partial charge on any atom is 0.276 e. The molecule has 144 valence electrons. The molecule has 1 aliphatic heterocycles. The van der Waals surface area contributed by atoms with Gasteiger partial charge < -0.3 is 19.1 Å². The normalized spacial score (nSPS) is 14.4. The summed E-state index contributed by atoms with van der Waals surface area (Å²) in [6, 6.07) is 5.67. The maximum absolute atomic E-state index is 12.5. The molecule has 7 nitrogen and oxygen atoms in total. The molecule has 3 rings (SSSR count). The van der Waals surface area contributed by atoms with Gasteiger partial charge in [0.25, 0.3) is 11.8 Å². The summed E-state index contributed by atoms with van der Waals surface area (Å²) in [5, 5.41) is 3.76. The van der Waals surface area contributed by atoms with Crippen LogP contribution in [0, 0.1) is 27.7 Å². The molecule has 1 aromatic heterocycles. The fourth-order valence-corrected chi connectivity index (χ4v) is 3.16. The lowest BCUT2D eigenvalue weighted by Gasteiger charge is -2.34. The molecule has 27 heavy (non-hydrogen) atoms. The van der Waals surface area contributed by atoms with E-state index >= 15 is 0 Å². The van der Waals surface area contributed by atoms with E-state index in [0.29, 0.717) is 37.6 Å². The van der Waals surface area contributed by atoms with E-state index < -0.39 is 0 Å². The first-order valence-electron chi connectivity index (χ1n) is 9.07. The Balaban J connectivity index is 1.53. The Morgan fingerprint density at radius 3 is 2.30 bits per heavy atom. The summed E-state index contributed by atoms with van der Waals surface area (Å²) in [6.45, 7) is 9.65. The van der Waals surface area contributed by atoms with Gasteiger partial charge in [0, 0.05) is 32.2 Å². The average Bonchev–Trinajstić information content (AvgIpc) is 3.10. The van der Waals surface area contributed by atoms with Gasteiger partial charge in [-0.3, -0.25) is 9.59 Å². The summed E-state index contributed by atoms with van der Waals surface area (Å²) in [5.74, 6) is 1.14. The molecular weight excluding hydrogens is 346 g/mol. The van der Waals surface area contributed by atoms with Crippen LogP contribution in [0.4, 0.5) is 0 Å². The molecule has 2 amide bonds. The van der Waals surface area contributed by atoms with Gasteiger partial charge in [-0.2, -0.15) is 0 Å². The van der Waals surface area contributed by atoms with Gasteiger partial charge in [-0.1, -0.05) is 17.3 Å². The number of ether oxygens (including phenoxy) is 1. The highest BCUT2D eigenvalue weighted by Gasteiger charge is 2.26. The van der Waals surface area contributed by atoms with Crippen molar-refractivity contribution in [2.24, 2.45) is 0 Å². The molecule has 1 aliphatic rings. The van der Waals surface area contributed by atoms with Crippen LogP contribution in [0.5, 0.6) is 5.75 Å². The summed E-state index contributed by atoms with van der Waals surface area (Å²) in [6.07, 6.45) is 0. The van der Waals surface area contributed by atoms with Gasteiger partial charge in [-0.25, -0.2) is 0 Å². The SMILES string of the molecule is Cc1cc(C(=O)N2CCN(C(=O)COc3c(C)ccc(C)c3C)CC2)no1. The third-order valence-electron chi connectivity index (χ3n) is 4.98. The van der Waals surface area contributed by atoms with E-state index in [1.807, 2.05) is 32.9 Å². The van der Waals surface area contributed by atoms with Gasteiger partial charge in [-0.15, -0.1) is 0 Å². The third kappa shape index (κ3) is 4.13. The van der Waals surface area contributed by atoms with Crippen LogP contribution >= 0.6 is 0 Å². The van der Waals surface area contributed by atoms with Crippen LogP contribution in [0.1, 0.15) is 32.9 Å². The maximum atomic E-state index is 12.5. The summed E-state index contributed by atoms with van der Waals surface area (Å²) < 4.78 is 10.8. The number of rotatable bonds is 4. The van der Waals surface area contributed by atoms with Gasteiger partial charge in [0.2, 0.25) is 0 Å². The van der Waals surface area contributed by atoms with E-state index in [1.54, 1.807) is 22.8 Å². The number of benzene rings is 1. The molecule has 0 N–H and O–H groups in total. The number of amides is 2. The van der Waals surface area contributed by atoms with Crippen molar-refractivity contribution in [2.45, 2.75) is 27.7 Å². The lowest BCUT2D eigenvalue weighted by atomic mass is 10.1. The standard InChI is InChI=1S/C20H25N3O4/c1-13-5-6-14(2)19(16(13)4)26-12-18(24)22-7-9-23(10-8-22)20(25)17-11-15(3)27-21-17/h5-6,11H,7-10,12H2,1-4H3. The van der Waals surface area contributed by atoms with Gasteiger partial charge in [0.1, 0.15) is 11.5 Å². The largest absolute Gasteiger partial charge is 0.483 e. The van der Waals surface area contributed by atoms with E-state index in [0.717, 1.165) is 22.4 Å². The molecule has 7 heteroatoms. The Morgan fingerprint density at radius 2 is 1.67 bits per heavy atom. The summed E-state index contributed by atoms with van der Waals surface area (Å²) in [7, 11) is 0. The molecule has 0 unspecified atom stereocenters. The lowest BCUT2D eigenvalue weighted by molar-refractivity contribution is -0.134. The van der Waals surface area contributed by atoms with E-state index in [1.165, 1.54) is 0 Å². The van der Waals surface area contributed by atoms with Gasteiger partial charge in [0.15, 0.2) is 12.3 Å². The van der Waals surface area contributed by atoms with Crippen LogP contribution in [0.3, 0.4) is 0 Å². The summed E-state index contributed by atoms with van der Waals surface area (Å²) in [5.41, 5.74) is 3.52. The second kappa shape index (κ2) is 7.82. The molecule has 2 heterocycles. The number of hydrogen-bond donors (Lipinski definition) is 0. The molecule has 1 fully saturated rings. The molecular formula is C20H25N3O4. The predicted octanol–water partition coefficient (Wildman–Crippen LogP) is 2.27. The molecule has 0 spiro atoms. The Bertz CT molecular complexity index is 851. The van der Waals surface area contributed by atoms with E-state index in [9.17, 15) is 9.59 Å². The fourth-order valence-electron chi connectivity index (χ4n) is 3.16. The van der Waals surface area contributed by atoms with Crippen molar-refractivity contribution in [3.8, 4) is 5.75 Å². The molecule has 0 radical (unpaired) electrons.